The summed E-state index contributed by atoms with van der Waals surface area (Å²) in [6.07, 6.45) is 0. The largest absolute Gasteiger partial charge is 0.398 e. The molecule has 1 rings (SSSR count). The Bertz CT molecular complexity index is 483. The molecule has 0 aliphatic rings. The Morgan fingerprint density at radius 2 is 1.89 bits per heavy atom. The molecular formula is C13H19N3O2. The van der Waals surface area contributed by atoms with Gasteiger partial charge in [0.15, 0.2) is 0 Å². The van der Waals surface area contributed by atoms with Gasteiger partial charge in [0.25, 0.3) is 5.91 Å². The second-order valence-corrected chi connectivity index (χ2v) is 4.36. The molecule has 0 saturated heterocycles. The van der Waals surface area contributed by atoms with Gasteiger partial charge >= 0.3 is 0 Å². The van der Waals surface area contributed by atoms with E-state index in [1.807, 2.05) is 19.9 Å². The highest BCUT2D eigenvalue weighted by molar-refractivity contribution is 5.98. The van der Waals surface area contributed by atoms with Gasteiger partial charge < -0.3 is 16.0 Å². The summed E-state index contributed by atoms with van der Waals surface area (Å²) in [5.41, 5.74) is 8.72. The zero-order chi connectivity index (χ0) is 13.9. The highest BCUT2D eigenvalue weighted by Gasteiger charge is 2.17. The molecule has 0 saturated carbocycles. The monoisotopic (exact) mass is 249 g/mol. The van der Waals surface area contributed by atoms with Crippen molar-refractivity contribution in [2.75, 3.05) is 26.4 Å². The standard InChI is InChI=1S/C13H19N3O2/c1-8-5-9(2)11(14)6-10(8)13(18)16(4)7-12(17)15-3/h5-6H,7,14H2,1-4H3,(H,15,17). The first kappa shape index (κ1) is 14.0. The van der Waals surface area contributed by atoms with Crippen LogP contribution in [0.4, 0.5) is 5.69 Å². The third-order valence-electron chi connectivity index (χ3n) is 2.85. The van der Waals surface area contributed by atoms with Gasteiger partial charge in [0, 0.05) is 25.3 Å². The summed E-state index contributed by atoms with van der Waals surface area (Å²) in [5, 5.41) is 2.48. The first-order valence-electron chi connectivity index (χ1n) is 5.69. The van der Waals surface area contributed by atoms with E-state index in [1.165, 1.54) is 11.9 Å². The summed E-state index contributed by atoms with van der Waals surface area (Å²) in [5.74, 6) is -0.411. The van der Waals surface area contributed by atoms with E-state index in [-0.39, 0.29) is 18.4 Å². The highest BCUT2D eigenvalue weighted by atomic mass is 16.2. The second-order valence-electron chi connectivity index (χ2n) is 4.36. The quantitative estimate of drug-likeness (QED) is 0.774. The molecule has 98 valence electrons. The van der Waals surface area contributed by atoms with Gasteiger partial charge in [-0.2, -0.15) is 0 Å². The number of benzene rings is 1. The molecule has 0 atom stereocenters. The summed E-state index contributed by atoms with van der Waals surface area (Å²) in [6, 6.07) is 3.53. The molecule has 0 spiro atoms. The summed E-state index contributed by atoms with van der Waals surface area (Å²) < 4.78 is 0. The van der Waals surface area contributed by atoms with E-state index in [4.69, 9.17) is 5.73 Å². The lowest BCUT2D eigenvalue weighted by atomic mass is 10.0. The van der Waals surface area contributed by atoms with Crippen molar-refractivity contribution < 1.29 is 9.59 Å². The number of hydrogen-bond donors (Lipinski definition) is 2. The number of rotatable bonds is 3. The molecule has 5 heteroatoms. The molecule has 0 radical (unpaired) electrons. The SMILES string of the molecule is CNC(=O)CN(C)C(=O)c1cc(N)c(C)cc1C. The zero-order valence-electron chi connectivity index (χ0n) is 11.2. The molecule has 1 aromatic carbocycles. The summed E-state index contributed by atoms with van der Waals surface area (Å²) in [7, 11) is 3.13. The van der Waals surface area contributed by atoms with Gasteiger partial charge in [0.2, 0.25) is 5.91 Å². The fourth-order valence-electron chi connectivity index (χ4n) is 1.67. The molecule has 0 aliphatic heterocycles. The number of anilines is 1. The molecule has 5 nitrogen and oxygen atoms in total. The lowest BCUT2D eigenvalue weighted by Crippen LogP contribution is -2.37. The maximum absolute atomic E-state index is 12.2. The average Bonchev–Trinajstić information content (AvgIpc) is 2.32. The Kier molecular flexibility index (Phi) is 4.31. The summed E-state index contributed by atoms with van der Waals surface area (Å²) in [4.78, 5) is 24.8. The van der Waals surface area contributed by atoms with Crippen molar-refractivity contribution in [1.29, 1.82) is 0 Å². The highest BCUT2D eigenvalue weighted by Crippen LogP contribution is 2.18. The molecule has 2 amide bonds. The van der Waals surface area contributed by atoms with Crippen molar-refractivity contribution >= 4 is 17.5 Å². The molecule has 0 aromatic heterocycles. The first-order valence-corrected chi connectivity index (χ1v) is 5.69. The Morgan fingerprint density at radius 1 is 1.28 bits per heavy atom. The molecule has 3 N–H and O–H groups in total. The van der Waals surface area contributed by atoms with Crippen LogP contribution in [-0.4, -0.2) is 37.4 Å². The molecule has 1 aromatic rings. The topological polar surface area (TPSA) is 75.4 Å². The molecule has 0 aliphatic carbocycles. The van der Waals surface area contributed by atoms with Gasteiger partial charge in [-0.15, -0.1) is 0 Å². The minimum Gasteiger partial charge on any atom is -0.398 e. The Morgan fingerprint density at radius 3 is 2.44 bits per heavy atom. The van der Waals surface area contributed by atoms with Crippen molar-refractivity contribution in [2.45, 2.75) is 13.8 Å². The molecule has 0 heterocycles. The predicted octanol–water partition coefficient (Wildman–Crippen LogP) is 0.704. The average molecular weight is 249 g/mol. The van der Waals surface area contributed by atoms with E-state index in [1.54, 1.807) is 13.1 Å². The van der Waals surface area contributed by atoms with Crippen LogP contribution in [-0.2, 0) is 4.79 Å². The summed E-state index contributed by atoms with van der Waals surface area (Å²) >= 11 is 0. The van der Waals surface area contributed by atoms with Gasteiger partial charge in [0.1, 0.15) is 0 Å². The zero-order valence-corrected chi connectivity index (χ0v) is 11.2. The molecular weight excluding hydrogens is 230 g/mol. The minimum atomic E-state index is -0.206. The van der Waals surface area contributed by atoms with Gasteiger partial charge in [-0.25, -0.2) is 0 Å². The number of nitrogens with two attached hydrogens (primary N) is 1. The number of carbonyl (C=O) groups is 2. The van der Waals surface area contributed by atoms with Gasteiger partial charge in [-0.3, -0.25) is 9.59 Å². The lowest BCUT2D eigenvalue weighted by Gasteiger charge is -2.18. The Hall–Kier alpha value is -2.04. The van der Waals surface area contributed by atoms with Crippen LogP contribution < -0.4 is 11.1 Å². The van der Waals surface area contributed by atoms with Crippen LogP contribution >= 0.6 is 0 Å². The van der Waals surface area contributed by atoms with Gasteiger partial charge in [-0.05, 0) is 31.0 Å². The van der Waals surface area contributed by atoms with Gasteiger partial charge in [-0.1, -0.05) is 6.07 Å². The van der Waals surface area contributed by atoms with E-state index >= 15 is 0 Å². The normalized spacial score (nSPS) is 10.0. The van der Waals surface area contributed by atoms with Crippen molar-refractivity contribution in [3.05, 3.63) is 28.8 Å². The molecule has 0 fully saturated rings. The maximum atomic E-state index is 12.2. The minimum absolute atomic E-state index is 0.0303. The number of aryl methyl sites for hydroxylation is 2. The van der Waals surface area contributed by atoms with Crippen molar-refractivity contribution in [3.8, 4) is 0 Å². The van der Waals surface area contributed by atoms with Crippen molar-refractivity contribution in [1.82, 2.24) is 10.2 Å². The maximum Gasteiger partial charge on any atom is 0.254 e. The Labute approximate surface area is 107 Å². The van der Waals surface area contributed by atoms with E-state index in [0.717, 1.165) is 11.1 Å². The molecule has 18 heavy (non-hydrogen) atoms. The fourth-order valence-corrected chi connectivity index (χ4v) is 1.67. The third kappa shape index (κ3) is 3.00. The molecule has 0 bridgehead atoms. The number of nitrogen functional groups attached to an aromatic ring is 1. The smallest absolute Gasteiger partial charge is 0.254 e. The van der Waals surface area contributed by atoms with Crippen molar-refractivity contribution in [2.24, 2.45) is 0 Å². The van der Waals surface area contributed by atoms with Crippen LogP contribution in [0.5, 0.6) is 0 Å². The number of hydrogen-bond acceptors (Lipinski definition) is 3. The van der Waals surface area contributed by atoms with Crippen molar-refractivity contribution in [3.63, 3.8) is 0 Å². The second kappa shape index (κ2) is 5.53. The molecule has 0 unspecified atom stereocenters. The van der Waals surface area contributed by atoms with Crippen LogP contribution in [0.3, 0.4) is 0 Å². The van der Waals surface area contributed by atoms with Crippen LogP contribution in [0.15, 0.2) is 12.1 Å². The van der Waals surface area contributed by atoms with Crippen LogP contribution in [0.1, 0.15) is 21.5 Å². The number of nitrogens with zero attached hydrogens (tertiary/aromatic N) is 1. The third-order valence-corrected chi connectivity index (χ3v) is 2.85. The Balaban J connectivity index is 2.97. The number of amides is 2. The van der Waals surface area contributed by atoms with E-state index in [2.05, 4.69) is 5.32 Å². The van der Waals surface area contributed by atoms with Crippen LogP contribution in [0.25, 0.3) is 0 Å². The number of nitrogens with one attached hydrogen (secondary N) is 1. The van der Waals surface area contributed by atoms with E-state index in [0.29, 0.717) is 11.3 Å². The van der Waals surface area contributed by atoms with Crippen LogP contribution in [0, 0.1) is 13.8 Å². The van der Waals surface area contributed by atoms with Gasteiger partial charge in [0.05, 0.1) is 6.54 Å². The fraction of sp³-hybridized carbons (Fsp3) is 0.385. The van der Waals surface area contributed by atoms with E-state index < -0.39 is 0 Å². The number of carbonyl (C=O) groups excluding carboxylic acids is 2. The predicted molar refractivity (Wildman–Crippen MR) is 71.4 cm³/mol. The number of likely N-dealkylation sites (N-methyl/N-ethyl adjacent to an activating group) is 2. The first-order chi connectivity index (χ1) is 8.36. The lowest BCUT2D eigenvalue weighted by molar-refractivity contribution is -0.121. The van der Waals surface area contributed by atoms with Crippen LogP contribution in [0.2, 0.25) is 0 Å². The van der Waals surface area contributed by atoms with E-state index in [9.17, 15) is 9.59 Å². The summed E-state index contributed by atoms with van der Waals surface area (Å²) in [6.45, 7) is 3.78.